The van der Waals surface area contributed by atoms with Gasteiger partial charge in [-0.15, -0.1) is 0 Å². The van der Waals surface area contributed by atoms with Crippen LogP contribution in [0.1, 0.15) is 37.4 Å². The van der Waals surface area contributed by atoms with Crippen molar-refractivity contribution in [2.45, 2.75) is 38.4 Å². The Morgan fingerprint density at radius 2 is 2.32 bits per heavy atom. The highest BCUT2D eigenvalue weighted by atomic mass is 32.2. The van der Waals surface area contributed by atoms with Crippen molar-refractivity contribution in [3.8, 4) is 6.07 Å². The summed E-state index contributed by atoms with van der Waals surface area (Å²) in [6.07, 6.45) is 3.81. The number of thioether (sulfide) groups is 1. The predicted octanol–water partition coefficient (Wildman–Crippen LogP) is 3.37. The summed E-state index contributed by atoms with van der Waals surface area (Å²) < 4.78 is 0. The van der Waals surface area contributed by atoms with E-state index in [1.165, 1.54) is 25.0 Å². The third kappa shape index (κ3) is 3.63. The Morgan fingerprint density at radius 1 is 1.47 bits per heavy atom. The Bertz CT molecular complexity index is 467. The van der Waals surface area contributed by atoms with Crippen molar-refractivity contribution in [3.05, 3.63) is 23.4 Å². The third-order valence-electron chi connectivity index (χ3n) is 3.54. The van der Waals surface area contributed by atoms with E-state index in [0.29, 0.717) is 10.9 Å². The van der Waals surface area contributed by atoms with Crippen LogP contribution in [0.4, 0.5) is 5.82 Å². The first-order valence-electron chi connectivity index (χ1n) is 6.99. The minimum absolute atomic E-state index is 0.557. The fourth-order valence-electron chi connectivity index (χ4n) is 2.49. The molecule has 1 fully saturated rings. The summed E-state index contributed by atoms with van der Waals surface area (Å²) in [4.78, 5) is 6.85. The summed E-state index contributed by atoms with van der Waals surface area (Å²) in [6, 6.07) is 6.24. The highest BCUT2D eigenvalue weighted by Crippen LogP contribution is 2.25. The van der Waals surface area contributed by atoms with Crippen LogP contribution < -0.4 is 4.90 Å². The molecule has 1 aromatic heterocycles. The predicted molar refractivity (Wildman–Crippen MR) is 81.7 cm³/mol. The number of rotatable bonds is 3. The lowest BCUT2D eigenvalue weighted by Crippen LogP contribution is -2.30. The molecule has 0 radical (unpaired) electrons. The maximum Gasteiger partial charge on any atom is 0.145 e. The maximum absolute atomic E-state index is 9.10. The molecule has 0 saturated carbocycles. The zero-order valence-corrected chi connectivity index (χ0v) is 12.5. The Morgan fingerprint density at radius 3 is 3.05 bits per heavy atom. The van der Waals surface area contributed by atoms with Crippen molar-refractivity contribution < 1.29 is 0 Å². The van der Waals surface area contributed by atoms with Gasteiger partial charge in [0.2, 0.25) is 0 Å². The lowest BCUT2D eigenvalue weighted by atomic mass is 10.2. The van der Waals surface area contributed by atoms with Gasteiger partial charge in [-0.2, -0.15) is 17.0 Å². The van der Waals surface area contributed by atoms with E-state index in [1.807, 2.05) is 24.8 Å². The van der Waals surface area contributed by atoms with E-state index in [4.69, 9.17) is 5.26 Å². The van der Waals surface area contributed by atoms with Crippen molar-refractivity contribution >= 4 is 17.6 Å². The molecular formula is C15H21N3S. The van der Waals surface area contributed by atoms with E-state index in [1.54, 1.807) is 0 Å². The van der Waals surface area contributed by atoms with Gasteiger partial charge in [0.25, 0.3) is 0 Å². The molecule has 3 nitrogen and oxygen atoms in total. The highest BCUT2D eigenvalue weighted by molar-refractivity contribution is 7.99. The standard InChI is InChI=1S/C15H21N3S/c1-3-19-13-6-4-5-9-18(11-13)15-8-7-12(2)14(10-16)17-15/h7-8,13H,3-6,9,11H2,1-2H3. The summed E-state index contributed by atoms with van der Waals surface area (Å²) in [5, 5.41) is 9.79. The maximum atomic E-state index is 9.10. The van der Waals surface area contributed by atoms with E-state index < -0.39 is 0 Å². The molecule has 2 rings (SSSR count). The first kappa shape index (κ1) is 14.2. The highest BCUT2D eigenvalue weighted by Gasteiger charge is 2.19. The van der Waals surface area contributed by atoms with E-state index >= 15 is 0 Å². The van der Waals surface area contributed by atoms with Gasteiger partial charge >= 0.3 is 0 Å². The van der Waals surface area contributed by atoms with Crippen molar-refractivity contribution in [1.82, 2.24) is 4.98 Å². The van der Waals surface area contributed by atoms with Crippen LogP contribution in [0.5, 0.6) is 0 Å². The molecule has 0 bridgehead atoms. The molecule has 1 atom stereocenters. The van der Waals surface area contributed by atoms with Gasteiger partial charge in [0.05, 0.1) is 0 Å². The molecule has 1 saturated heterocycles. The lowest BCUT2D eigenvalue weighted by Gasteiger charge is -2.25. The molecule has 0 amide bonds. The second kappa shape index (κ2) is 6.81. The van der Waals surface area contributed by atoms with Gasteiger partial charge in [-0.1, -0.05) is 19.4 Å². The summed E-state index contributed by atoms with van der Waals surface area (Å²) >= 11 is 2.04. The third-order valence-corrected chi connectivity index (χ3v) is 4.73. The number of hydrogen-bond donors (Lipinski definition) is 0. The van der Waals surface area contributed by atoms with Gasteiger partial charge in [0, 0.05) is 18.3 Å². The number of hydrogen-bond acceptors (Lipinski definition) is 4. The molecule has 0 aliphatic carbocycles. The fourth-order valence-corrected chi connectivity index (χ4v) is 3.58. The second-order valence-electron chi connectivity index (χ2n) is 4.97. The largest absolute Gasteiger partial charge is 0.355 e. The van der Waals surface area contributed by atoms with Crippen molar-refractivity contribution in [3.63, 3.8) is 0 Å². The number of aromatic nitrogens is 1. The van der Waals surface area contributed by atoms with Crippen molar-refractivity contribution in [2.24, 2.45) is 0 Å². The number of aryl methyl sites for hydroxylation is 1. The molecule has 0 N–H and O–H groups in total. The topological polar surface area (TPSA) is 39.9 Å². The lowest BCUT2D eigenvalue weighted by molar-refractivity contribution is 0.735. The normalized spacial score (nSPS) is 19.8. The zero-order chi connectivity index (χ0) is 13.7. The van der Waals surface area contributed by atoms with Crippen LogP contribution in [0, 0.1) is 18.3 Å². The van der Waals surface area contributed by atoms with Crippen LogP contribution in [-0.4, -0.2) is 29.1 Å². The molecule has 0 aromatic carbocycles. The van der Waals surface area contributed by atoms with Gasteiger partial charge in [0.1, 0.15) is 17.6 Å². The summed E-state index contributed by atoms with van der Waals surface area (Å²) in [7, 11) is 0. The molecule has 1 aromatic rings. The van der Waals surface area contributed by atoms with Crippen molar-refractivity contribution in [2.75, 3.05) is 23.7 Å². The summed E-state index contributed by atoms with van der Waals surface area (Å²) in [5.41, 5.74) is 1.52. The van der Waals surface area contributed by atoms with Crippen molar-refractivity contribution in [1.29, 1.82) is 5.26 Å². The monoisotopic (exact) mass is 275 g/mol. The summed E-state index contributed by atoms with van der Waals surface area (Å²) in [5.74, 6) is 2.13. The number of pyridine rings is 1. The molecule has 19 heavy (non-hydrogen) atoms. The minimum Gasteiger partial charge on any atom is -0.355 e. The number of anilines is 1. The number of nitriles is 1. The molecule has 2 heterocycles. The van der Waals surface area contributed by atoms with Crippen LogP contribution >= 0.6 is 11.8 Å². The molecule has 1 aliphatic heterocycles. The number of nitrogens with zero attached hydrogens (tertiary/aromatic N) is 3. The minimum atomic E-state index is 0.557. The first-order chi connectivity index (χ1) is 9.24. The quantitative estimate of drug-likeness (QED) is 0.848. The molecule has 1 aliphatic rings. The van der Waals surface area contributed by atoms with Crippen LogP contribution in [-0.2, 0) is 0 Å². The summed E-state index contributed by atoms with van der Waals surface area (Å²) in [6.45, 7) is 6.27. The van der Waals surface area contributed by atoms with Gasteiger partial charge in [-0.05, 0) is 37.1 Å². The zero-order valence-electron chi connectivity index (χ0n) is 11.7. The Hall–Kier alpha value is -1.21. The van der Waals surface area contributed by atoms with Gasteiger partial charge in [-0.3, -0.25) is 0 Å². The van der Waals surface area contributed by atoms with E-state index in [9.17, 15) is 0 Å². The van der Waals surface area contributed by atoms with Crippen LogP contribution in [0.3, 0.4) is 0 Å². The molecule has 102 valence electrons. The molecule has 0 spiro atoms. The van der Waals surface area contributed by atoms with Gasteiger partial charge in [-0.25, -0.2) is 4.98 Å². The van der Waals surface area contributed by atoms with Crippen LogP contribution in [0.2, 0.25) is 0 Å². The molecular weight excluding hydrogens is 254 g/mol. The van der Waals surface area contributed by atoms with Gasteiger partial charge < -0.3 is 4.90 Å². The van der Waals surface area contributed by atoms with Crippen LogP contribution in [0.15, 0.2) is 12.1 Å². The average Bonchev–Trinajstić information content (AvgIpc) is 2.65. The molecule has 1 unspecified atom stereocenters. The fraction of sp³-hybridized carbons (Fsp3) is 0.600. The SMILES string of the molecule is CCSC1CCCCN(c2ccc(C)c(C#N)n2)C1. The smallest absolute Gasteiger partial charge is 0.145 e. The Balaban J connectivity index is 2.17. The van der Waals surface area contributed by atoms with Crippen LogP contribution in [0.25, 0.3) is 0 Å². The Kier molecular flexibility index (Phi) is 5.09. The van der Waals surface area contributed by atoms with E-state index in [2.05, 4.69) is 28.9 Å². The Labute approximate surface area is 120 Å². The second-order valence-corrected chi connectivity index (χ2v) is 6.54. The van der Waals surface area contributed by atoms with E-state index in [-0.39, 0.29) is 0 Å². The van der Waals surface area contributed by atoms with Gasteiger partial charge in [0.15, 0.2) is 0 Å². The molecule has 4 heteroatoms. The van der Waals surface area contributed by atoms with E-state index in [0.717, 1.165) is 24.5 Å². The first-order valence-corrected chi connectivity index (χ1v) is 8.03. The average molecular weight is 275 g/mol.